The minimum absolute atomic E-state index is 0.0410. The van der Waals surface area contributed by atoms with E-state index < -0.39 is 11.8 Å². The second kappa shape index (κ2) is 7.95. The number of anilines is 1. The number of carbonyl (C=O) groups excluding carboxylic acids is 2. The molecule has 0 unspecified atom stereocenters. The molecule has 1 aromatic carbocycles. The number of furan rings is 1. The van der Waals surface area contributed by atoms with E-state index in [1.807, 2.05) is 24.3 Å². The van der Waals surface area contributed by atoms with Crippen LogP contribution in [-0.4, -0.2) is 48.1 Å². The number of carbonyl (C=O) groups is 2. The summed E-state index contributed by atoms with van der Waals surface area (Å²) in [4.78, 5) is 28.7. The summed E-state index contributed by atoms with van der Waals surface area (Å²) in [6, 6.07) is 11.2. The minimum Gasteiger partial charge on any atom is -0.467 e. The Morgan fingerprint density at radius 2 is 1.86 bits per heavy atom. The molecular formula is C20H19N3O4S. The first-order chi connectivity index (χ1) is 13.6. The van der Waals surface area contributed by atoms with Crippen LogP contribution in [0, 0.1) is 0 Å². The van der Waals surface area contributed by atoms with Gasteiger partial charge in [-0.25, -0.2) is 0 Å². The van der Waals surface area contributed by atoms with Gasteiger partial charge in [0, 0.05) is 18.8 Å². The van der Waals surface area contributed by atoms with Crippen LogP contribution >= 0.6 is 12.2 Å². The standard InChI is InChI=1S/C20H19N3O4S/c24-18-17(19(25)23(20(28)21-18)13-16-2-1-9-27-16)12-14-3-5-15(6-4-14)22-7-10-26-11-8-22/h1-6,9,12H,7-8,10-11,13H2,(H,21,24,28)/b17-12-. The topological polar surface area (TPSA) is 75.0 Å². The highest BCUT2D eigenvalue weighted by atomic mass is 32.1. The predicted octanol–water partition coefficient (Wildman–Crippen LogP) is 1.94. The SMILES string of the molecule is O=C1NC(=S)N(Cc2ccco2)C(=O)/C1=C\c1ccc(N2CCOCC2)cc1. The maximum absolute atomic E-state index is 12.8. The van der Waals surface area contributed by atoms with Gasteiger partial charge in [-0.3, -0.25) is 19.8 Å². The molecule has 1 N–H and O–H groups in total. The van der Waals surface area contributed by atoms with Gasteiger partial charge in [-0.05, 0) is 48.1 Å². The molecule has 2 fully saturated rings. The monoisotopic (exact) mass is 397 g/mol. The number of rotatable bonds is 4. The summed E-state index contributed by atoms with van der Waals surface area (Å²) in [7, 11) is 0. The number of benzene rings is 1. The third-order valence-corrected chi connectivity index (χ3v) is 4.98. The first-order valence-corrected chi connectivity index (χ1v) is 9.36. The fourth-order valence-corrected chi connectivity index (χ4v) is 3.41. The molecule has 0 saturated carbocycles. The number of amides is 2. The molecule has 2 amide bonds. The second-order valence-corrected chi connectivity index (χ2v) is 6.87. The number of ether oxygens (including phenoxy) is 1. The Labute approximate surface area is 167 Å². The molecule has 28 heavy (non-hydrogen) atoms. The highest BCUT2D eigenvalue weighted by Crippen LogP contribution is 2.20. The van der Waals surface area contributed by atoms with Crippen molar-refractivity contribution in [3.05, 3.63) is 59.6 Å². The molecule has 144 valence electrons. The molecule has 8 heteroatoms. The number of morpholine rings is 1. The fourth-order valence-electron chi connectivity index (χ4n) is 3.17. The van der Waals surface area contributed by atoms with Crippen LogP contribution in [0.25, 0.3) is 6.08 Å². The van der Waals surface area contributed by atoms with Crippen LogP contribution in [0.1, 0.15) is 11.3 Å². The molecule has 2 aliphatic rings. The molecule has 0 bridgehead atoms. The summed E-state index contributed by atoms with van der Waals surface area (Å²) in [5.74, 6) is -0.355. The van der Waals surface area contributed by atoms with Gasteiger partial charge in [0.25, 0.3) is 11.8 Å². The zero-order valence-electron chi connectivity index (χ0n) is 15.1. The maximum atomic E-state index is 12.8. The summed E-state index contributed by atoms with van der Waals surface area (Å²) in [6.45, 7) is 3.29. The molecule has 0 aliphatic carbocycles. The molecular weight excluding hydrogens is 378 g/mol. The Bertz CT molecular complexity index is 915. The van der Waals surface area contributed by atoms with Crippen molar-refractivity contribution in [1.82, 2.24) is 10.2 Å². The predicted molar refractivity (Wildman–Crippen MR) is 107 cm³/mol. The van der Waals surface area contributed by atoms with Gasteiger partial charge < -0.3 is 14.1 Å². The first kappa shape index (κ1) is 18.4. The average Bonchev–Trinajstić information content (AvgIpc) is 3.23. The van der Waals surface area contributed by atoms with Crippen LogP contribution in [0.4, 0.5) is 5.69 Å². The largest absolute Gasteiger partial charge is 0.467 e. The van der Waals surface area contributed by atoms with E-state index in [0.29, 0.717) is 19.0 Å². The molecule has 0 atom stereocenters. The lowest BCUT2D eigenvalue weighted by Gasteiger charge is -2.29. The van der Waals surface area contributed by atoms with E-state index in [4.69, 9.17) is 21.4 Å². The quantitative estimate of drug-likeness (QED) is 0.483. The van der Waals surface area contributed by atoms with Crippen molar-refractivity contribution in [2.24, 2.45) is 0 Å². The normalized spacial score (nSPS) is 19.3. The molecule has 0 radical (unpaired) electrons. The Balaban J connectivity index is 1.54. The van der Waals surface area contributed by atoms with Crippen molar-refractivity contribution < 1.29 is 18.7 Å². The molecule has 1 aromatic heterocycles. The fraction of sp³-hybridized carbons (Fsp3) is 0.250. The van der Waals surface area contributed by atoms with Crippen molar-refractivity contribution in [2.75, 3.05) is 31.2 Å². The Morgan fingerprint density at radius 3 is 2.54 bits per heavy atom. The van der Waals surface area contributed by atoms with Gasteiger partial charge in [-0.15, -0.1) is 0 Å². The summed E-state index contributed by atoms with van der Waals surface area (Å²) >= 11 is 5.15. The molecule has 0 spiro atoms. The molecule has 4 rings (SSSR count). The molecule has 2 saturated heterocycles. The molecule has 2 aromatic rings. The van der Waals surface area contributed by atoms with E-state index in [-0.39, 0.29) is 17.2 Å². The lowest BCUT2D eigenvalue weighted by atomic mass is 10.1. The molecule has 7 nitrogen and oxygen atoms in total. The lowest BCUT2D eigenvalue weighted by molar-refractivity contribution is -0.129. The number of nitrogens with one attached hydrogen (secondary N) is 1. The van der Waals surface area contributed by atoms with Crippen molar-refractivity contribution in [1.29, 1.82) is 0 Å². The van der Waals surface area contributed by atoms with Gasteiger partial charge >= 0.3 is 0 Å². The van der Waals surface area contributed by atoms with Crippen LogP contribution in [0.5, 0.6) is 0 Å². The van der Waals surface area contributed by atoms with E-state index in [9.17, 15) is 9.59 Å². The van der Waals surface area contributed by atoms with Gasteiger partial charge in [0.2, 0.25) is 0 Å². The third-order valence-electron chi connectivity index (χ3n) is 4.66. The van der Waals surface area contributed by atoms with Crippen LogP contribution in [0.2, 0.25) is 0 Å². The summed E-state index contributed by atoms with van der Waals surface area (Å²) in [6.07, 6.45) is 3.11. The Kier molecular flexibility index (Phi) is 5.23. The zero-order valence-corrected chi connectivity index (χ0v) is 15.9. The Morgan fingerprint density at radius 1 is 1.11 bits per heavy atom. The molecule has 3 heterocycles. The van der Waals surface area contributed by atoms with E-state index in [2.05, 4.69) is 10.2 Å². The van der Waals surface area contributed by atoms with Gasteiger partial charge in [0.05, 0.1) is 26.0 Å². The number of hydrogen-bond acceptors (Lipinski definition) is 6. The summed E-state index contributed by atoms with van der Waals surface area (Å²) in [5, 5.41) is 2.65. The van der Waals surface area contributed by atoms with E-state index in [1.54, 1.807) is 18.2 Å². The minimum atomic E-state index is -0.497. The second-order valence-electron chi connectivity index (χ2n) is 6.48. The highest BCUT2D eigenvalue weighted by molar-refractivity contribution is 7.80. The zero-order chi connectivity index (χ0) is 19.5. The highest BCUT2D eigenvalue weighted by Gasteiger charge is 2.33. The number of thiocarbonyl (C=S) groups is 1. The Hall–Kier alpha value is -2.97. The van der Waals surface area contributed by atoms with Crippen LogP contribution < -0.4 is 10.2 Å². The van der Waals surface area contributed by atoms with E-state index >= 15 is 0 Å². The number of nitrogens with zero attached hydrogens (tertiary/aromatic N) is 2. The van der Waals surface area contributed by atoms with Gasteiger partial charge in [-0.1, -0.05) is 12.1 Å². The van der Waals surface area contributed by atoms with E-state index in [0.717, 1.165) is 24.3 Å². The summed E-state index contributed by atoms with van der Waals surface area (Å²) in [5.41, 5.74) is 1.89. The number of hydrogen-bond donors (Lipinski definition) is 1. The van der Waals surface area contributed by atoms with Crippen molar-refractivity contribution >= 4 is 40.9 Å². The van der Waals surface area contributed by atoms with Crippen molar-refractivity contribution in [3.8, 4) is 0 Å². The lowest BCUT2D eigenvalue weighted by Crippen LogP contribution is -2.53. The van der Waals surface area contributed by atoms with Gasteiger partial charge in [0.15, 0.2) is 5.11 Å². The van der Waals surface area contributed by atoms with Crippen LogP contribution in [0.15, 0.2) is 52.7 Å². The van der Waals surface area contributed by atoms with Crippen LogP contribution in [-0.2, 0) is 20.9 Å². The maximum Gasteiger partial charge on any atom is 0.266 e. The average molecular weight is 397 g/mol. The van der Waals surface area contributed by atoms with Crippen LogP contribution in [0.3, 0.4) is 0 Å². The van der Waals surface area contributed by atoms with Crippen molar-refractivity contribution in [3.63, 3.8) is 0 Å². The summed E-state index contributed by atoms with van der Waals surface area (Å²) < 4.78 is 10.7. The van der Waals surface area contributed by atoms with Gasteiger partial charge in [-0.2, -0.15) is 0 Å². The molecule has 2 aliphatic heterocycles. The third kappa shape index (κ3) is 3.83. The smallest absolute Gasteiger partial charge is 0.266 e. The van der Waals surface area contributed by atoms with Gasteiger partial charge in [0.1, 0.15) is 11.3 Å². The van der Waals surface area contributed by atoms with Crippen molar-refractivity contribution in [2.45, 2.75) is 6.54 Å². The van der Waals surface area contributed by atoms with E-state index in [1.165, 1.54) is 11.2 Å². The first-order valence-electron chi connectivity index (χ1n) is 8.96.